The van der Waals surface area contributed by atoms with Gasteiger partial charge in [-0.15, -0.1) is 0 Å². The van der Waals surface area contributed by atoms with Gasteiger partial charge in [0, 0.05) is 36.9 Å². The number of ether oxygens (including phenoxy) is 1. The van der Waals surface area contributed by atoms with E-state index in [1.165, 1.54) is 7.11 Å². The zero-order valence-electron chi connectivity index (χ0n) is 18.4. The lowest BCUT2D eigenvalue weighted by atomic mass is 10.0. The van der Waals surface area contributed by atoms with Gasteiger partial charge in [0.1, 0.15) is 0 Å². The van der Waals surface area contributed by atoms with Crippen molar-refractivity contribution in [3.05, 3.63) is 83.9 Å². The van der Waals surface area contributed by atoms with E-state index < -0.39 is 0 Å². The van der Waals surface area contributed by atoms with Gasteiger partial charge in [-0.25, -0.2) is 4.79 Å². The van der Waals surface area contributed by atoms with E-state index in [2.05, 4.69) is 44.8 Å². The Morgan fingerprint density at radius 3 is 2.59 bits per heavy atom. The fraction of sp³-hybridized carbons (Fsp3) is 0.292. The van der Waals surface area contributed by atoms with Crippen molar-refractivity contribution in [2.75, 3.05) is 34.3 Å². The van der Waals surface area contributed by atoms with Crippen molar-refractivity contribution in [3.8, 4) is 5.69 Å². The summed E-state index contributed by atoms with van der Waals surface area (Å²) in [6, 6.07) is 17.4. The first-order valence-corrected chi connectivity index (χ1v) is 10.9. The standard InChI is InChI=1S/C24H27N5O2S/c1-27(2)15-16-29-22(21(26-24(29)32)19-7-4-5-13-25-19)20-8-6-14-28(20)18-11-9-17(10-12-18)23(30)31-3/h4-14,21-22H,15-16H2,1-3H3,(H,26,32)/t21-,22-/m0/s1. The molecule has 1 fully saturated rings. The van der Waals surface area contributed by atoms with Crippen molar-refractivity contribution >= 4 is 23.3 Å². The average molecular weight is 450 g/mol. The van der Waals surface area contributed by atoms with Crippen LogP contribution in [0.1, 0.15) is 33.8 Å². The molecule has 32 heavy (non-hydrogen) atoms. The molecule has 1 saturated heterocycles. The molecule has 0 aliphatic carbocycles. The van der Waals surface area contributed by atoms with Gasteiger partial charge in [-0.3, -0.25) is 4.98 Å². The summed E-state index contributed by atoms with van der Waals surface area (Å²) in [5.74, 6) is -0.348. The molecule has 1 aliphatic rings. The van der Waals surface area contributed by atoms with Crippen LogP contribution >= 0.6 is 12.2 Å². The lowest BCUT2D eigenvalue weighted by Gasteiger charge is -2.29. The summed E-state index contributed by atoms with van der Waals surface area (Å²) < 4.78 is 6.96. The molecular weight excluding hydrogens is 422 g/mol. The van der Waals surface area contributed by atoms with E-state index in [4.69, 9.17) is 17.0 Å². The largest absolute Gasteiger partial charge is 0.465 e. The number of rotatable bonds is 7. The number of pyridine rings is 1. The molecule has 0 bridgehead atoms. The van der Waals surface area contributed by atoms with Gasteiger partial charge in [0.25, 0.3) is 0 Å². The van der Waals surface area contributed by atoms with Crippen LogP contribution in [0.4, 0.5) is 0 Å². The Morgan fingerprint density at radius 2 is 1.94 bits per heavy atom. The Hall–Kier alpha value is -3.23. The van der Waals surface area contributed by atoms with E-state index in [1.807, 2.05) is 48.8 Å². The maximum Gasteiger partial charge on any atom is 0.337 e. The molecule has 0 amide bonds. The predicted octanol–water partition coefficient (Wildman–Crippen LogP) is 3.19. The van der Waals surface area contributed by atoms with E-state index in [1.54, 1.807) is 12.1 Å². The van der Waals surface area contributed by atoms with Gasteiger partial charge in [-0.05, 0) is 74.8 Å². The summed E-state index contributed by atoms with van der Waals surface area (Å²) in [6.07, 6.45) is 3.84. The maximum atomic E-state index is 11.8. The average Bonchev–Trinajstić information content (AvgIpc) is 3.42. The number of carbonyl (C=O) groups is 1. The van der Waals surface area contributed by atoms with Crippen molar-refractivity contribution in [3.63, 3.8) is 0 Å². The number of hydrogen-bond donors (Lipinski definition) is 1. The molecule has 166 valence electrons. The topological polar surface area (TPSA) is 62.6 Å². The third-order valence-electron chi connectivity index (χ3n) is 5.64. The molecule has 0 unspecified atom stereocenters. The molecule has 1 N–H and O–H groups in total. The molecule has 3 heterocycles. The normalized spacial score (nSPS) is 18.1. The number of aromatic nitrogens is 2. The number of benzene rings is 1. The Morgan fingerprint density at radius 1 is 1.16 bits per heavy atom. The molecule has 8 heteroatoms. The van der Waals surface area contributed by atoms with Crippen LogP contribution in [-0.4, -0.2) is 64.7 Å². The summed E-state index contributed by atoms with van der Waals surface area (Å²) in [7, 11) is 5.50. The number of hydrogen-bond acceptors (Lipinski definition) is 5. The first-order chi connectivity index (χ1) is 15.5. The Labute approximate surface area is 193 Å². The summed E-state index contributed by atoms with van der Waals surface area (Å²) in [4.78, 5) is 20.8. The van der Waals surface area contributed by atoms with E-state index in [9.17, 15) is 4.79 Å². The second-order valence-electron chi connectivity index (χ2n) is 7.96. The first kappa shape index (κ1) is 22.0. The summed E-state index contributed by atoms with van der Waals surface area (Å²) in [6.45, 7) is 1.67. The van der Waals surface area contributed by atoms with Crippen LogP contribution in [-0.2, 0) is 4.74 Å². The minimum absolute atomic E-state index is 0.0346. The molecule has 0 saturated carbocycles. The second kappa shape index (κ2) is 9.50. The third-order valence-corrected chi connectivity index (χ3v) is 5.99. The van der Waals surface area contributed by atoms with Crippen LogP contribution in [0, 0.1) is 0 Å². The van der Waals surface area contributed by atoms with Crippen molar-refractivity contribution in [1.29, 1.82) is 0 Å². The van der Waals surface area contributed by atoms with Crippen molar-refractivity contribution in [2.24, 2.45) is 0 Å². The van der Waals surface area contributed by atoms with Crippen LogP contribution in [0.25, 0.3) is 5.69 Å². The fourth-order valence-corrected chi connectivity index (χ4v) is 4.35. The molecule has 1 aliphatic heterocycles. The predicted molar refractivity (Wildman–Crippen MR) is 128 cm³/mol. The van der Waals surface area contributed by atoms with E-state index >= 15 is 0 Å². The van der Waals surface area contributed by atoms with Crippen LogP contribution in [0.2, 0.25) is 0 Å². The Bertz CT molecular complexity index is 1080. The fourth-order valence-electron chi connectivity index (χ4n) is 4.02. The van der Waals surface area contributed by atoms with Gasteiger partial charge in [0.2, 0.25) is 0 Å². The maximum absolute atomic E-state index is 11.8. The quantitative estimate of drug-likeness (QED) is 0.439. The zero-order chi connectivity index (χ0) is 22.7. The van der Waals surface area contributed by atoms with Crippen molar-refractivity contribution in [2.45, 2.75) is 12.1 Å². The van der Waals surface area contributed by atoms with Gasteiger partial charge in [0.15, 0.2) is 5.11 Å². The van der Waals surface area contributed by atoms with Gasteiger partial charge >= 0.3 is 5.97 Å². The highest BCUT2D eigenvalue weighted by Gasteiger charge is 2.41. The molecule has 7 nitrogen and oxygen atoms in total. The van der Waals surface area contributed by atoms with Gasteiger partial charge in [-0.2, -0.15) is 0 Å². The minimum atomic E-state index is -0.348. The van der Waals surface area contributed by atoms with E-state index in [0.29, 0.717) is 5.56 Å². The van der Waals surface area contributed by atoms with Crippen LogP contribution in [0.5, 0.6) is 0 Å². The third kappa shape index (κ3) is 4.37. The lowest BCUT2D eigenvalue weighted by molar-refractivity contribution is 0.0600. The highest BCUT2D eigenvalue weighted by atomic mass is 32.1. The van der Waals surface area contributed by atoms with Crippen molar-refractivity contribution < 1.29 is 9.53 Å². The number of likely N-dealkylation sites (N-methyl/N-ethyl adjacent to an activating group) is 1. The molecule has 0 radical (unpaired) electrons. The molecule has 2 atom stereocenters. The molecule has 1 aromatic carbocycles. The SMILES string of the molecule is COC(=O)c1ccc(-n2cccc2[C@H]2[C@H](c3ccccn3)NC(=S)N2CCN(C)C)cc1. The van der Waals surface area contributed by atoms with Crippen LogP contribution in [0.3, 0.4) is 0 Å². The lowest BCUT2D eigenvalue weighted by Crippen LogP contribution is -2.36. The van der Waals surface area contributed by atoms with E-state index in [-0.39, 0.29) is 18.1 Å². The summed E-state index contributed by atoms with van der Waals surface area (Å²) in [5.41, 5.74) is 3.52. The number of methoxy groups -OCH3 is 1. The first-order valence-electron chi connectivity index (χ1n) is 10.5. The van der Waals surface area contributed by atoms with Gasteiger partial charge in [-0.1, -0.05) is 6.07 Å². The number of thiocarbonyl (C=S) groups is 1. The number of esters is 1. The number of nitrogens with zero attached hydrogens (tertiary/aromatic N) is 4. The zero-order valence-corrected chi connectivity index (χ0v) is 19.2. The minimum Gasteiger partial charge on any atom is -0.465 e. The number of carbonyl (C=O) groups excluding carboxylic acids is 1. The summed E-state index contributed by atoms with van der Waals surface area (Å²) >= 11 is 5.75. The molecule has 4 rings (SSSR count). The van der Waals surface area contributed by atoms with Crippen LogP contribution < -0.4 is 5.32 Å². The summed E-state index contributed by atoms with van der Waals surface area (Å²) in [5, 5.41) is 4.22. The molecule has 0 spiro atoms. The highest BCUT2D eigenvalue weighted by molar-refractivity contribution is 7.80. The Balaban J connectivity index is 1.74. The molecule has 3 aromatic rings. The molecular formula is C24H27N5O2S. The molecule has 2 aromatic heterocycles. The van der Waals surface area contributed by atoms with E-state index in [0.717, 1.165) is 35.3 Å². The number of nitrogens with one attached hydrogen (secondary N) is 1. The van der Waals surface area contributed by atoms with Gasteiger partial charge in [0.05, 0.1) is 30.5 Å². The Kier molecular flexibility index (Phi) is 6.53. The monoisotopic (exact) mass is 449 g/mol. The highest BCUT2D eigenvalue weighted by Crippen LogP contribution is 2.39. The second-order valence-corrected chi connectivity index (χ2v) is 8.35. The van der Waals surface area contributed by atoms with Crippen molar-refractivity contribution in [1.82, 2.24) is 24.7 Å². The smallest absolute Gasteiger partial charge is 0.337 e. The van der Waals surface area contributed by atoms with Crippen LogP contribution in [0.15, 0.2) is 67.0 Å². The van der Waals surface area contributed by atoms with Gasteiger partial charge < -0.3 is 24.4 Å².